The predicted octanol–water partition coefficient (Wildman–Crippen LogP) is 3.25. The van der Waals surface area contributed by atoms with Gasteiger partial charge in [0.1, 0.15) is 4.88 Å². The van der Waals surface area contributed by atoms with Crippen molar-refractivity contribution in [2.24, 2.45) is 0 Å². The van der Waals surface area contributed by atoms with Gasteiger partial charge >= 0.3 is 5.97 Å². The number of piperidine rings is 1. The van der Waals surface area contributed by atoms with Crippen LogP contribution in [-0.4, -0.2) is 46.6 Å². The van der Waals surface area contributed by atoms with E-state index < -0.39 is 5.97 Å². The Bertz CT molecular complexity index is 814. The summed E-state index contributed by atoms with van der Waals surface area (Å²) in [5.41, 5.74) is 2.00. The predicted molar refractivity (Wildman–Crippen MR) is 109 cm³/mol. The van der Waals surface area contributed by atoms with Crippen molar-refractivity contribution in [2.45, 2.75) is 44.9 Å². The number of carboxylic acids is 1. The third-order valence-corrected chi connectivity index (χ3v) is 6.15. The van der Waals surface area contributed by atoms with Crippen molar-refractivity contribution in [1.82, 2.24) is 15.3 Å². The van der Waals surface area contributed by atoms with E-state index in [0.29, 0.717) is 10.8 Å². The Labute approximate surface area is 168 Å². The normalized spacial score (nSPS) is 15.0. The number of pyridine rings is 1. The number of aromatic nitrogens is 2. The van der Waals surface area contributed by atoms with Gasteiger partial charge in [0.05, 0.1) is 17.1 Å². The van der Waals surface area contributed by atoms with Gasteiger partial charge in [-0.3, -0.25) is 14.6 Å². The summed E-state index contributed by atoms with van der Waals surface area (Å²) in [6.07, 6.45) is 5.53. The molecule has 2 aromatic rings. The van der Waals surface area contributed by atoms with Gasteiger partial charge < -0.3 is 15.3 Å². The number of carbonyl (C=O) groups is 2. The van der Waals surface area contributed by atoms with Gasteiger partial charge in [0, 0.05) is 43.6 Å². The lowest BCUT2D eigenvalue weighted by molar-refractivity contribution is -0.136. The Morgan fingerprint density at radius 1 is 1.29 bits per heavy atom. The molecule has 2 N–H and O–H groups in total. The molecule has 0 radical (unpaired) electrons. The van der Waals surface area contributed by atoms with Gasteiger partial charge in [-0.15, -0.1) is 11.3 Å². The molecule has 3 heterocycles. The summed E-state index contributed by atoms with van der Waals surface area (Å²) >= 11 is 1.46. The monoisotopic (exact) mass is 402 g/mol. The highest BCUT2D eigenvalue weighted by atomic mass is 32.1. The van der Waals surface area contributed by atoms with Crippen LogP contribution < -0.4 is 10.2 Å². The molecule has 1 saturated heterocycles. The quantitative estimate of drug-likeness (QED) is 0.738. The number of anilines is 1. The Balaban J connectivity index is 1.67. The molecule has 8 heteroatoms. The largest absolute Gasteiger partial charge is 0.481 e. The lowest BCUT2D eigenvalue weighted by Gasteiger charge is -2.32. The third kappa shape index (κ3) is 4.86. The summed E-state index contributed by atoms with van der Waals surface area (Å²) in [6.45, 7) is 6.08. The highest BCUT2D eigenvalue weighted by Crippen LogP contribution is 2.35. The fourth-order valence-electron chi connectivity index (χ4n) is 3.38. The molecule has 0 bridgehead atoms. The van der Waals surface area contributed by atoms with Crippen LogP contribution in [0.1, 0.15) is 65.3 Å². The van der Waals surface area contributed by atoms with Gasteiger partial charge in [-0.25, -0.2) is 4.98 Å². The lowest BCUT2D eigenvalue weighted by Crippen LogP contribution is -2.32. The first kappa shape index (κ1) is 20.3. The minimum Gasteiger partial charge on any atom is -0.481 e. The first-order valence-corrected chi connectivity index (χ1v) is 10.4. The average molecular weight is 403 g/mol. The number of hydrogen-bond donors (Lipinski definition) is 2. The molecule has 1 aliphatic rings. The molecule has 3 rings (SSSR count). The number of carbonyl (C=O) groups excluding carboxylic acids is 1. The molecule has 150 valence electrons. The molecular weight excluding hydrogens is 376 g/mol. The summed E-state index contributed by atoms with van der Waals surface area (Å²) in [6, 6.07) is 4.06. The van der Waals surface area contributed by atoms with Crippen LogP contribution in [0, 0.1) is 0 Å². The number of nitrogens with one attached hydrogen (secondary N) is 1. The van der Waals surface area contributed by atoms with E-state index in [1.807, 2.05) is 38.4 Å². The van der Waals surface area contributed by atoms with Crippen LogP contribution in [0.4, 0.5) is 5.69 Å². The van der Waals surface area contributed by atoms with E-state index in [4.69, 9.17) is 10.1 Å². The first-order valence-electron chi connectivity index (χ1n) is 9.61. The number of hydrogen-bond acceptors (Lipinski definition) is 6. The molecule has 0 atom stereocenters. The van der Waals surface area contributed by atoms with Crippen molar-refractivity contribution in [3.05, 3.63) is 40.1 Å². The van der Waals surface area contributed by atoms with E-state index in [0.717, 1.165) is 36.6 Å². The fourth-order valence-corrected chi connectivity index (χ4v) is 4.69. The summed E-state index contributed by atoms with van der Waals surface area (Å²) in [4.78, 5) is 35.1. The van der Waals surface area contributed by atoms with Gasteiger partial charge in [0.2, 0.25) is 0 Å². The van der Waals surface area contributed by atoms with Crippen molar-refractivity contribution in [3.63, 3.8) is 0 Å². The second kappa shape index (κ2) is 9.14. The molecule has 7 nitrogen and oxygen atoms in total. The number of aliphatic carboxylic acids is 1. The summed E-state index contributed by atoms with van der Waals surface area (Å²) in [7, 11) is 0. The van der Waals surface area contributed by atoms with E-state index >= 15 is 0 Å². The molecule has 28 heavy (non-hydrogen) atoms. The molecule has 0 saturated carbocycles. The molecule has 0 unspecified atom stereocenters. The zero-order chi connectivity index (χ0) is 20.1. The molecule has 1 fully saturated rings. The van der Waals surface area contributed by atoms with Crippen LogP contribution in [0.5, 0.6) is 0 Å². The maximum Gasteiger partial charge on any atom is 0.305 e. The van der Waals surface area contributed by atoms with E-state index in [1.165, 1.54) is 17.0 Å². The van der Waals surface area contributed by atoms with Gasteiger partial charge in [0.25, 0.3) is 5.91 Å². The Morgan fingerprint density at radius 3 is 2.57 bits per heavy atom. The van der Waals surface area contributed by atoms with Crippen LogP contribution in [0.2, 0.25) is 0 Å². The Hall–Kier alpha value is -2.48. The number of amides is 1. The first-order chi connectivity index (χ1) is 13.5. The van der Waals surface area contributed by atoms with Crippen molar-refractivity contribution >= 4 is 28.9 Å². The van der Waals surface area contributed by atoms with Crippen LogP contribution in [0.3, 0.4) is 0 Å². The molecule has 1 aliphatic heterocycles. The number of carboxylic acid groups (broad SMARTS) is 1. The minimum absolute atomic E-state index is 0.0815. The maximum absolute atomic E-state index is 12.5. The highest BCUT2D eigenvalue weighted by molar-refractivity contribution is 7.13. The maximum atomic E-state index is 12.5. The van der Waals surface area contributed by atoms with Crippen molar-refractivity contribution in [1.29, 1.82) is 0 Å². The average Bonchev–Trinajstić information content (AvgIpc) is 3.14. The molecular formula is C20H26N4O3S. The number of rotatable bonds is 7. The van der Waals surface area contributed by atoms with Crippen LogP contribution >= 0.6 is 11.3 Å². The lowest BCUT2D eigenvalue weighted by atomic mass is 9.97. The minimum atomic E-state index is -0.921. The third-order valence-electron chi connectivity index (χ3n) is 4.92. The Morgan fingerprint density at radius 2 is 1.96 bits per heavy atom. The summed E-state index contributed by atoms with van der Waals surface area (Å²) in [5.74, 6) is -0.651. The van der Waals surface area contributed by atoms with E-state index in [1.54, 1.807) is 0 Å². The highest BCUT2D eigenvalue weighted by Gasteiger charge is 2.27. The van der Waals surface area contributed by atoms with Gasteiger partial charge in [0.15, 0.2) is 0 Å². The summed E-state index contributed by atoms with van der Waals surface area (Å²) < 4.78 is 0. The zero-order valence-electron chi connectivity index (χ0n) is 16.2. The van der Waals surface area contributed by atoms with E-state index in [9.17, 15) is 9.59 Å². The SMILES string of the molecule is CC(C)c1nc(C2CCN(c3ccncc3)CC2)sc1C(=O)NCCC(=O)O. The van der Waals surface area contributed by atoms with E-state index in [2.05, 4.69) is 15.2 Å². The van der Waals surface area contributed by atoms with Gasteiger partial charge in [-0.2, -0.15) is 0 Å². The molecule has 2 aromatic heterocycles. The van der Waals surface area contributed by atoms with Gasteiger partial charge in [-0.1, -0.05) is 13.8 Å². The number of nitrogens with zero attached hydrogens (tertiary/aromatic N) is 3. The molecule has 0 spiro atoms. The standard InChI is InChI=1S/C20H26N4O3S/c1-13(2)17-18(19(27)22-10-5-16(25)26)28-20(23-17)14-6-11-24(12-7-14)15-3-8-21-9-4-15/h3-4,8-9,13-14H,5-7,10-12H2,1-2H3,(H,22,27)(H,25,26). The van der Waals surface area contributed by atoms with Crippen molar-refractivity contribution in [2.75, 3.05) is 24.5 Å². The van der Waals surface area contributed by atoms with Crippen molar-refractivity contribution < 1.29 is 14.7 Å². The second-order valence-corrected chi connectivity index (χ2v) is 8.32. The fraction of sp³-hybridized carbons (Fsp3) is 0.500. The topological polar surface area (TPSA) is 95.4 Å². The van der Waals surface area contributed by atoms with Crippen molar-refractivity contribution in [3.8, 4) is 0 Å². The zero-order valence-corrected chi connectivity index (χ0v) is 17.0. The summed E-state index contributed by atoms with van der Waals surface area (Å²) in [5, 5.41) is 12.5. The van der Waals surface area contributed by atoms with Crippen LogP contribution in [0.15, 0.2) is 24.5 Å². The molecule has 1 amide bonds. The second-order valence-electron chi connectivity index (χ2n) is 7.29. The van der Waals surface area contributed by atoms with E-state index in [-0.39, 0.29) is 24.8 Å². The number of thiazole rings is 1. The van der Waals surface area contributed by atoms with Gasteiger partial charge in [-0.05, 0) is 30.9 Å². The smallest absolute Gasteiger partial charge is 0.305 e. The van der Waals surface area contributed by atoms with Crippen LogP contribution in [0.25, 0.3) is 0 Å². The molecule has 0 aliphatic carbocycles. The molecule has 0 aromatic carbocycles. The Kier molecular flexibility index (Phi) is 6.61. The van der Waals surface area contributed by atoms with Crippen LogP contribution in [-0.2, 0) is 4.79 Å².